The Morgan fingerprint density at radius 1 is 1.43 bits per heavy atom. The summed E-state index contributed by atoms with van der Waals surface area (Å²) in [4.78, 5) is 12.3. The number of rotatable bonds is 5. The van der Waals surface area contributed by atoms with Gasteiger partial charge in [0.1, 0.15) is 0 Å². The van der Waals surface area contributed by atoms with Gasteiger partial charge in [0.2, 0.25) is 0 Å². The van der Waals surface area contributed by atoms with E-state index in [9.17, 15) is 4.79 Å². The van der Waals surface area contributed by atoms with E-state index in [0.717, 1.165) is 35.4 Å². The van der Waals surface area contributed by atoms with Crippen LogP contribution in [0.15, 0.2) is 24.4 Å². The first-order valence-electron chi connectivity index (χ1n) is 7.97. The van der Waals surface area contributed by atoms with Gasteiger partial charge in [-0.25, -0.2) is 4.68 Å². The third kappa shape index (κ3) is 3.76. The number of hydrogen-bond donors (Lipinski definition) is 1. The van der Waals surface area contributed by atoms with Gasteiger partial charge in [0, 0.05) is 31.3 Å². The summed E-state index contributed by atoms with van der Waals surface area (Å²) in [5, 5.41) is 11.3. The first-order chi connectivity index (χ1) is 11.1. The zero-order valence-corrected chi connectivity index (χ0v) is 13.6. The van der Waals surface area contributed by atoms with E-state index in [0.29, 0.717) is 25.6 Å². The Morgan fingerprint density at radius 3 is 3.09 bits per heavy atom. The summed E-state index contributed by atoms with van der Waals surface area (Å²) in [6.07, 6.45) is 3.60. The van der Waals surface area contributed by atoms with Gasteiger partial charge >= 0.3 is 0 Å². The van der Waals surface area contributed by atoms with Gasteiger partial charge in [0.25, 0.3) is 5.91 Å². The highest BCUT2D eigenvalue weighted by atomic mass is 16.5. The van der Waals surface area contributed by atoms with E-state index in [4.69, 9.17) is 4.74 Å². The highest BCUT2D eigenvalue weighted by Gasteiger charge is 2.18. The number of nitrogens with one attached hydrogen (secondary N) is 1. The van der Waals surface area contributed by atoms with E-state index >= 15 is 0 Å². The lowest BCUT2D eigenvalue weighted by molar-refractivity contribution is 0.0953. The second-order valence-corrected chi connectivity index (χ2v) is 6.03. The SMILES string of the molecule is Cc1ccc(C)c(C(=O)NCCc2cn(C3CCOC3)nn2)c1. The quantitative estimate of drug-likeness (QED) is 0.914. The van der Waals surface area contributed by atoms with Crippen molar-refractivity contribution < 1.29 is 9.53 Å². The maximum Gasteiger partial charge on any atom is 0.251 e. The van der Waals surface area contributed by atoms with Gasteiger partial charge in [-0.2, -0.15) is 0 Å². The number of ether oxygens (including phenoxy) is 1. The molecule has 2 aromatic rings. The minimum atomic E-state index is -0.0391. The normalized spacial score (nSPS) is 17.4. The zero-order chi connectivity index (χ0) is 16.2. The number of hydrogen-bond acceptors (Lipinski definition) is 4. The van der Waals surface area contributed by atoms with Gasteiger partial charge in [0.15, 0.2) is 0 Å². The molecule has 0 bridgehead atoms. The molecule has 1 fully saturated rings. The fraction of sp³-hybridized carbons (Fsp3) is 0.471. The monoisotopic (exact) mass is 314 g/mol. The Balaban J connectivity index is 1.53. The van der Waals surface area contributed by atoms with Crippen molar-refractivity contribution in [2.45, 2.75) is 32.7 Å². The molecule has 1 N–H and O–H groups in total. The Bertz CT molecular complexity index is 690. The number of benzene rings is 1. The third-order valence-corrected chi connectivity index (χ3v) is 4.14. The number of carbonyl (C=O) groups is 1. The van der Waals surface area contributed by atoms with Crippen LogP contribution in [0.5, 0.6) is 0 Å². The van der Waals surface area contributed by atoms with Gasteiger partial charge in [-0.3, -0.25) is 4.79 Å². The maximum absolute atomic E-state index is 12.3. The smallest absolute Gasteiger partial charge is 0.251 e. The van der Waals surface area contributed by atoms with Crippen LogP contribution >= 0.6 is 0 Å². The third-order valence-electron chi connectivity index (χ3n) is 4.14. The van der Waals surface area contributed by atoms with Crippen molar-refractivity contribution >= 4 is 5.91 Å². The van der Waals surface area contributed by atoms with Gasteiger partial charge in [0.05, 0.1) is 18.3 Å². The molecular formula is C17H22N4O2. The summed E-state index contributed by atoms with van der Waals surface area (Å²) < 4.78 is 7.23. The standard InChI is InChI=1S/C17H22N4O2/c1-12-3-4-13(2)16(9-12)17(22)18-7-5-14-10-21(20-19-14)15-6-8-23-11-15/h3-4,9-10,15H,5-8,11H2,1-2H3,(H,18,22). The Labute approximate surface area is 135 Å². The predicted octanol–water partition coefficient (Wildman–Crippen LogP) is 1.83. The van der Waals surface area contributed by atoms with Crippen LogP contribution in [0.2, 0.25) is 0 Å². The molecule has 1 saturated heterocycles. The summed E-state index contributed by atoms with van der Waals surface area (Å²) in [5.41, 5.74) is 3.69. The molecule has 1 aliphatic heterocycles. The van der Waals surface area contributed by atoms with E-state index in [-0.39, 0.29) is 5.91 Å². The van der Waals surface area contributed by atoms with E-state index in [1.165, 1.54) is 0 Å². The molecule has 0 saturated carbocycles. The summed E-state index contributed by atoms with van der Waals surface area (Å²) in [7, 11) is 0. The maximum atomic E-state index is 12.3. The highest BCUT2D eigenvalue weighted by molar-refractivity contribution is 5.95. The second kappa shape index (κ2) is 6.91. The van der Waals surface area contributed by atoms with Crippen LogP contribution in [0.1, 0.15) is 39.6 Å². The second-order valence-electron chi connectivity index (χ2n) is 6.03. The molecule has 1 atom stereocenters. The Morgan fingerprint density at radius 2 is 2.30 bits per heavy atom. The lowest BCUT2D eigenvalue weighted by Crippen LogP contribution is -2.26. The number of aromatic nitrogens is 3. The molecular weight excluding hydrogens is 292 g/mol. The fourth-order valence-corrected chi connectivity index (χ4v) is 2.72. The van der Waals surface area contributed by atoms with Crippen LogP contribution in [0.3, 0.4) is 0 Å². The molecule has 3 rings (SSSR count). The molecule has 1 aliphatic rings. The van der Waals surface area contributed by atoms with Crippen molar-refractivity contribution in [2.24, 2.45) is 0 Å². The average Bonchev–Trinajstić information content (AvgIpc) is 3.20. The summed E-state index contributed by atoms with van der Waals surface area (Å²) in [6.45, 7) is 5.97. The molecule has 6 nitrogen and oxygen atoms in total. The molecule has 1 amide bonds. The highest BCUT2D eigenvalue weighted by Crippen LogP contribution is 2.17. The first kappa shape index (κ1) is 15.7. The largest absolute Gasteiger partial charge is 0.379 e. The lowest BCUT2D eigenvalue weighted by Gasteiger charge is -2.08. The fourth-order valence-electron chi connectivity index (χ4n) is 2.72. The van der Waals surface area contributed by atoms with Crippen LogP contribution in [-0.2, 0) is 11.2 Å². The van der Waals surface area contributed by atoms with Crippen molar-refractivity contribution in [3.63, 3.8) is 0 Å². The van der Waals surface area contributed by atoms with Crippen LogP contribution < -0.4 is 5.32 Å². The molecule has 23 heavy (non-hydrogen) atoms. The molecule has 122 valence electrons. The van der Waals surface area contributed by atoms with Gasteiger partial charge in [-0.15, -0.1) is 5.10 Å². The summed E-state index contributed by atoms with van der Waals surface area (Å²) in [5.74, 6) is -0.0391. The molecule has 1 aromatic carbocycles. The number of aryl methyl sites for hydroxylation is 2. The first-order valence-corrected chi connectivity index (χ1v) is 7.97. The van der Waals surface area contributed by atoms with Crippen molar-refractivity contribution in [1.29, 1.82) is 0 Å². The number of nitrogens with zero attached hydrogens (tertiary/aromatic N) is 3. The minimum Gasteiger partial charge on any atom is -0.379 e. The van der Waals surface area contributed by atoms with Gasteiger partial charge in [-0.1, -0.05) is 22.9 Å². The Kier molecular flexibility index (Phi) is 4.71. The number of amides is 1. The van der Waals surface area contributed by atoms with Crippen LogP contribution in [0.4, 0.5) is 0 Å². The Hall–Kier alpha value is -2.21. The molecule has 0 spiro atoms. The van der Waals surface area contributed by atoms with Crippen molar-refractivity contribution in [1.82, 2.24) is 20.3 Å². The van der Waals surface area contributed by atoms with Crippen LogP contribution in [-0.4, -0.2) is 40.7 Å². The van der Waals surface area contributed by atoms with E-state index < -0.39 is 0 Å². The molecule has 1 unspecified atom stereocenters. The van der Waals surface area contributed by atoms with Gasteiger partial charge in [-0.05, 0) is 31.9 Å². The summed E-state index contributed by atoms with van der Waals surface area (Å²) in [6, 6.07) is 6.19. The van der Waals surface area contributed by atoms with Crippen molar-refractivity contribution in [3.05, 3.63) is 46.8 Å². The lowest BCUT2D eigenvalue weighted by atomic mass is 10.1. The van der Waals surface area contributed by atoms with Crippen LogP contribution in [0.25, 0.3) is 0 Å². The molecule has 1 aromatic heterocycles. The molecule has 0 aliphatic carbocycles. The van der Waals surface area contributed by atoms with Crippen LogP contribution in [0, 0.1) is 13.8 Å². The topological polar surface area (TPSA) is 69.0 Å². The zero-order valence-electron chi connectivity index (χ0n) is 13.6. The van der Waals surface area contributed by atoms with E-state index in [1.807, 2.05) is 42.9 Å². The minimum absolute atomic E-state index is 0.0391. The van der Waals surface area contributed by atoms with Crippen molar-refractivity contribution in [3.8, 4) is 0 Å². The predicted molar refractivity (Wildman–Crippen MR) is 86.4 cm³/mol. The number of carbonyl (C=O) groups excluding carboxylic acids is 1. The molecule has 2 heterocycles. The summed E-state index contributed by atoms with van der Waals surface area (Å²) >= 11 is 0. The van der Waals surface area contributed by atoms with E-state index in [1.54, 1.807) is 0 Å². The molecule has 6 heteroatoms. The average molecular weight is 314 g/mol. The van der Waals surface area contributed by atoms with Gasteiger partial charge < -0.3 is 10.1 Å². The van der Waals surface area contributed by atoms with Crippen molar-refractivity contribution in [2.75, 3.05) is 19.8 Å². The molecule has 0 radical (unpaired) electrons. The van der Waals surface area contributed by atoms with E-state index in [2.05, 4.69) is 15.6 Å².